The first-order chi connectivity index (χ1) is 9.61. The van der Waals surface area contributed by atoms with Crippen LogP contribution >= 0.6 is 0 Å². The molecule has 1 heterocycles. The molecule has 4 aliphatic carbocycles. The van der Waals surface area contributed by atoms with E-state index in [0.29, 0.717) is 17.7 Å². The van der Waals surface area contributed by atoms with Crippen molar-refractivity contribution in [3.8, 4) is 0 Å². The van der Waals surface area contributed by atoms with Crippen LogP contribution < -0.4 is 5.73 Å². The maximum absolute atomic E-state index is 12.7. The topological polar surface area (TPSA) is 82.0 Å². The molecule has 5 rings (SSSR count). The fraction of sp³-hybridized carbons (Fsp3) is 0.800. The monoisotopic (exact) mass is 275 g/mol. The zero-order chi connectivity index (χ0) is 13.9. The minimum Gasteiger partial charge on any atom is -0.417 e. The van der Waals surface area contributed by atoms with Gasteiger partial charge in [-0.3, -0.25) is 4.79 Å². The number of hydrogen-bond donors (Lipinski definition) is 1. The van der Waals surface area contributed by atoms with Crippen molar-refractivity contribution < 1.29 is 9.21 Å². The molecule has 1 aromatic rings. The molecule has 1 aromatic heterocycles. The number of ketones is 1. The lowest BCUT2D eigenvalue weighted by atomic mass is 9.51. The quantitative estimate of drug-likeness (QED) is 0.856. The first-order valence-corrected chi connectivity index (χ1v) is 7.75. The fourth-order valence-corrected chi connectivity index (χ4v) is 5.01. The van der Waals surface area contributed by atoms with Crippen LogP contribution in [0.1, 0.15) is 61.6 Å². The van der Waals surface area contributed by atoms with Gasteiger partial charge in [0.1, 0.15) is 0 Å². The van der Waals surface area contributed by atoms with Crippen molar-refractivity contribution in [2.75, 3.05) is 0 Å². The summed E-state index contributed by atoms with van der Waals surface area (Å²) >= 11 is 0. The molecule has 0 aromatic carbocycles. The van der Waals surface area contributed by atoms with Gasteiger partial charge in [-0.2, -0.15) is 0 Å². The van der Waals surface area contributed by atoms with Crippen LogP contribution in [-0.2, 0) is 0 Å². The second-order valence-electron chi connectivity index (χ2n) is 7.05. The minimum absolute atomic E-state index is 0.0678. The van der Waals surface area contributed by atoms with Gasteiger partial charge in [-0.05, 0) is 62.7 Å². The van der Waals surface area contributed by atoms with Crippen molar-refractivity contribution in [2.45, 2.75) is 45.1 Å². The van der Waals surface area contributed by atoms with Crippen LogP contribution in [0.3, 0.4) is 0 Å². The summed E-state index contributed by atoms with van der Waals surface area (Å²) < 4.78 is 5.47. The third-order valence-corrected chi connectivity index (χ3v) is 5.57. The number of carbonyl (C=O) groups excluding carboxylic acids is 1. The van der Waals surface area contributed by atoms with Gasteiger partial charge in [-0.25, -0.2) is 0 Å². The zero-order valence-electron chi connectivity index (χ0n) is 11.8. The van der Waals surface area contributed by atoms with Gasteiger partial charge in [0.15, 0.2) is 0 Å². The number of hydrogen-bond acceptors (Lipinski definition) is 5. The SMILES string of the molecule is CC(N)c1nnc(C(=O)C2C3CC4CC(C3)CC2C4)o1. The lowest BCUT2D eigenvalue weighted by molar-refractivity contribution is -0.0264. The molecule has 0 aliphatic heterocycles. The second-order valence-corrected chi connectivity index (χ2v) is 7.05. The van der Waals surface area contributed by atoms with E-state index < -0.39 is 0 Å². The summed E-state index contributed by atoms with van der Waals surface area (Å²) in [6.45, 7) is 1.78. The standard InChI is InChI=1S/C15H21N3O2/c1-7(16)14-17-18-15(20-14)13(19)12-10-3-8-2-9(5-10)6-11(12)4-8/h7-12H,2-6,16H2,1H3. The van der Waals surface area contributed by atoms with Gasteiger partial charge in [-0.15, -0.1) is 10.2 Å². The molecule has 20 heavy (non-hydrogen) atoms. The molecule has 108 valence electrons. The van der Waals surface area contributed by atoms with E-state index in [2.05, 4.69) is 10.2 Å². The Kier molecular flexibility index (Phi) is 2.74. The van der Waals surface area contributed by atoms with Gasteiger partial charge >= 0.3 is 0 Å². The van der Waals surface area contributed by atoms with Gasteiger partial charge in [0.2, 0.25) is 11.7 Å². The molecule has 2 N–H and O–H groups in total. The van der Waals surface area contributed by atoms with Crippen molar-refractivity contribution in [1.29, 1.82) is 0 Å². The Morgan fingerprint density at radius 3 is 2.25 bits per heavy atom. The smallest absolute Gasteiger partial charge is 0.284 e. The fourth-order valence-electron chi connectivity index (χ4n) is 5.01. The van der Waals surface area contributed by atoms with E-state index in [1.165, 1.54) is 32.1 Å². The van der Waals surface area contributed by atoms with Gasteiger partial charge in [0, 0.05) is 5.92 Å². The molecule has 1 unspecified atom stereocenters. The first kappa shape index (κ1) is 12.5. The highest BCUT2D eigenvalue weighted by Crippen LogP contribution is 2.57. The van der Waals surface area contributed by atoms with Crippen molar-refractivity contribution in [2.24, 2.45) is 35.3 Å². The number of nitrogens with two attached hydrogens (primary N) is 1. The van der Waals surface area contributed by atoms with E-state index in [-0.39, 0.29) is 23.6 Å². The Bertz CT molecular complexity index is 509. The molecule has 0 radical (unpaired) electrons. The zero-order valence-corrected chi connectivity index (χ0v) is 11.8. The normalized spacial score (nSPS) is 40.0. The van der Waals surface area contributed by atoms with Crippen LogP contribution in [-0.4, -0.2) is 16.0 Å². The van der Waals surface area contributed by atoms with Gasteiger partial charge in [0.05, 0.1) is 6.04 Å². The summed E-state index contributed by atoms with van der Waals surface area (Å²) in [5.41, 5.74) is 5.71. The number of nitrogens with zero attached hydrogens (tertiary/aromatic N) is 2. The molecule has 4 saturated carbocycles. The molecule has 1 atom stereocenters. The van der Waals surface area contributed by atoms with Crippen molar-refractivity contribution in [3.63, 3.8) is 0 Å². The van der Waals surface area contributed by atoms with E-state index in [0.717, 1.165) is 11.8 Å². The predicted octanol–water partition coefficient (Wildman–Crippen LogP) is 2.34. The molecule has 4 aliphatic rings. The Morgan fingerprint density at radius 1 is 1.15 bits per heavy atom. The highest BCUT2D eigenvalue weighted by molar-refractivity contribution is 5.94. The van der Waals surface area contributed by atoms with E-state index >= 15 is 0 Å². The molecular formula is C15H21N3O2. The highest BCUT2D eigenvalue weighted by atomic mass is 16.4. The van der Waals surface area contributed by atoms with Crippen LogP contribution in [0.25, 0.3) is 0 Å². The maximum atomic E-state index is 12.7. The molecule has 4 fully saturated rings. The third kappa shape index (κ3) is 1.83. The van der Waals surface area contributed by atoms with E-state index in [9.17, 15) is 4.79 Å². The Labute approximate surface area is 118 Å². The lowest BCUT2D eigenvalue weighted by Crippen LogP contribution is -2.48. The number of carbonyl (C=O) groups is 1. The van der Waals surface area contributed by atoms with Crippen LogP contribution in [0.2, 0.25) is 0 Å². The molecule has 4 bridgehead atoms. The maximum Gasteiger partial charge on any atom is 0.284 e. The van der Waals surface area contributed by atoms with Crippen LogP contribution in [0.15, 0.2) is 4.42 Å². The van der Waals surface area contributed by atoms with Crippen LogP contribution in [0, 0.1) is 29.6 Å². The molecule has 5 heteroatoms. The summed E-state index contributed by atoms with van der Waals surface area (Å²) in [4.78, 5) is 12.7. The van der Waals surface area contributed by atoms with E-state index in [1.807, 2.05) is 0 Å². The Morgan fingerprint density at radius 2 is 1.75 bits per heavy atom. The largest absolute Gasteiger partial charge is 0.417 e. The number of aromatic nitrogens is 2. The number of Topliss-reactive ketones (excluding diaryl/α,β-unsaturated/α-hetero) is 1. The van der Waals surface area contributed by atoms with Crippen LogP contribution in [0.5, 0.6) is 0 Å². The van der Waals surface area contributed by atoms with E-state index in [1.54, 1.807) is 6.92 Å². The third-order valence-electron chi connectivity index (χ3n) is 5.57. The van der Waals surface area contributed by atoms with Gasteiger partial charge < -0.3 is 10.2 Å². The Hall–Kier alpha value is -1.23. The summed E-state index contributed by atoms with van der Waals surface area (Å²) in [5.74, 6) is 3.54. The first-order valence-electron chi connectivity index (χ1n) is 7.75. The van der Waals surface area contributed by atoms with E-state index in [4.69, 9.17) is 10.2 Å². The van der Waals surface area contributed by atoms with Crippen molar-refractivity contribution in [3.05, 3.63) is 11.8 Å². The van der Waals surface area contributed by atoms with Crippen molar-refractivity contribution >= 4 is 5.78 Å². The summed E-state index contributed by atoms with van der Waals surface area (Å²) in [6, 6.07) is -0.317. The van der Waals surface area contributed by atoms with Gasteiger partial charge in [0.25, 0.3) is 5.89 Å². The molecule has 0 saturated heterocycles. The average molecular weight is 275 g/mol. The second kappa shape index (κ2) is 4.38. The molecule has 0 spiro atoms. The molecule has 0 amide bonds. The van der Waals surface area contributed by atoms with Crippen molar-refractivity contribution in [1.82, 2.24) is 10.2 Å². The van der Waals surface area contributed by atoms with Gasteiger partial charge in [-0.1, -0.05) is 0 Å². The molecular weight excluding hydrogens is 254 g/mol. The average Bonchev–Trinajstić information content (AvgIpc) is 2.86. The summed E-state index contributed by atoms with van der Waals surface area (Å²) in [6.07, 6.45) is 6.27. The lowest BCUT2D eigenvalue weighted by Gasteiger charge is -2.53. The minimum atomic E-state index is -0.317. The van der Waals surface area contributed by atoms with Crippen LogP contribution in [0.4, 0.5) is 0 Å². The summed E-state index contributed by atoms with van der Waals surface area (Å²) in [7, 11) is 0. The number of rotatable bonds is 3. The predicted molar refractivity (Wildman–Crippen MR) is 71.8 cm³/mol. The highest BCUT2D eigenvalue weighted by Gasteiger charge is 2.51. The Balaban J connectivity index is 1.59. The molecule has 5 nitrogen and oxygen atoms in total. The summed E-state index contributed by atoms with van der Waals surface area (Å²) in [5, 5.41) is 7.81.